The molecule has 0 aromatic carbocycles. The Hall–Kier alpha value is -0.130. The highest BCUT2D eigenvalue weighted by atomic mass is 32.2. The van der Waals surface area contributed by atoms with Crippen molar-refractivity contribution in [2.75, 3.05) is 19.3 Å². The summed E-state index contributed by atoms with van der Waals surface area (Å²) < 4.78 is 24.8. The van der Waals surface area contributed by atoms with E-state index >= 15 is 0 Å². The smallest absolute Gasteiger partial charge is 0.214 e. The first-order chi connectivity index (χ1) is 6.45. The van der Waals surface area contributed by atoms with Crippen LogP contribution < -0.4 is 5.73 Å². The van der Waals surface area contributed by atoms with Gasteiger partial charge in [-0.1, -0.05) is 13.3 Å². The first kappa shape index (κ1) is 13.9. The minimum atomic E-state index is -3.09. The molecule has 0 aliphatic carbocycles. The quantitative estimate of drug-likeness (QED) is 0.692. The van der Waals surface area contributed by atoms with Crippen LogP contribution in [0.5, 0.6) is 0 Å². The second-order valence-electron chi connectivity index (χ2n) is 3.61. The van der Waals surface area contributed by atoms with Crippen LogP contribution in [0.3, 0.4) is 0 Å². The third kappa shape index (κ3) is 4.39. The summed E-state index contributed by atoms with van der Waals surface area (Å²) in [7, 11) is -1.45. The van der Waals surface area contributed by atoms with E-state index in [4.69, 9.17) is 5.73 Å². The molecule has 1 unspecified atom stereocenters. The fourth-order valence-electron chi connectivity index (χ4n) is 1.28. The van der Waals surface area contributed by atoms with Gasteiger partial charge in [-0.2, -0.15) is 0 Å². The molecule has 2 N–H and O–H groups in total. The fourth-order valence-corrected chi connectivity index (χ4v) is 2.76. The number of nitrogens with two attached hydrogens (primary N) is 1. The van der Waals surface area contributed by atoms with Crippen LogP contribution in [0.15, 0.2) is 0 Å². The van der Waals surface area contributed by atoms with Gasteiger partial charge in [-0.25, -0.2) is 12.7 Å². The Balaban J connectivity index is 4.27. The van der Waals surface area contributed by atoms with Crippen LogP contribution in [0.4, 0.5) is 0 Å². The third-order valence-corrected chi connectivity index (χ3v) is 4.41. The van der Waals surface area contributed by atoms with Crippen LogP contribution in [-0.2, 0) is 10.0 Å². The van der Waals surface area contributed by atoms with E-state index in [9.17, 15) is 8.42 Å². The average molecular weight is 222 g/mol. The number of hydrogen-bond acceptors (Lipinski definition) is 3. The normalized spacial score (nSPS) is 14.6. The SMILES string of the molecule is CCCC(C)N(C)S(=O)(=O)CCCN. The molecule has 0 aliphatic heterocycles. The van der Waals surface area contributed by atoms with Crippen LogP contribution in [-0.4, -0.2) is 38.1 Å². The largest absolute Gasteiger partial charge is 0.330 e. The Morgan fingerprint density at radius 1 is 1.43 bits per heavy atom. The van der Waals surface area contributed by atoms with Crippen molar-refractivity contribution in [3.8, 4) is 0 Å². The predicted molar refractivity (Wildman–Crippen MR) is 59.6 cm³/mol. The van der Waals surface area contributed by atoms with Crippen molar-refractivity contribution in [2.24, 2.45) is 5.73 Å². The first-order valence-electron chi connectivity index (χ1n) is 5.11. The third-order valence-electron chi connectivity index (χ3n) is 2.37. The number of hydrogen-bond donors (Lipinski definition) is 1. The van der Waals surface area contributed by atoms with E-state index in [0.29, 0.717) is 13.0 Å². The van der Waals surface area contributed by atoms with Crippen molar-refractivity contribution in [1.82, 2.24) is 4.31 Å². The summed E-state index contributed by atoms with van der Waals surface area (Å²) >= 11 is 0. The van der Waals surface area contributed by atoms with Gasteiger partial charge >= 0.3 is 0 Å². The molecule has 14 heavy (non-hydrogen) atoms. The van der Waals surface area contributed by atoms with E-state index in [1.54, 1.807) is 7.05 Å². The van der Waals surface area contributed by atoms with E-state index in [-0.39, 0.29) is 11.8 Å². The van der Waals surface area contributed by atoms with Crippen molar-refractivity contribution in [2.45, 2.75) is 39.2 Å². The Kier molecular flexibility index (Phi) is 6.31. The van der Waals surface area contributed by atoms with Gasteiger partial charge in [-0.05, 0) is 26.3 Å². The lowest BCUT2D eigenvalue weighted by Gasteiger charge is -2.23. The van der Waals surface area contributed by atoms with Gasteiger partial charge in [0.05, 0.1) is 5.75 Å². The minimum Gasteiger partial charge on any atom is -0.330 e. The van der Waals surface area contributed by atoms with Crippen molar-refractivity contribution in [3.05, 3.63) is 0 Å². The molecule has 0 aromatic heterocycles. The molecular formula is C9H22N2O2S. The zero-order chi connectivity index (χ0) is 11.2. The lowest BCUT2D eigenvalue weighted by atomic mass is 10.2. The first-order valence-corrected chi connectivity index (χ1v) is 6.72. The maximum atomic E-state index is 11.7. The topological polar surface area (TPSA) is 63.4 Å². The van der Waals surface area contributed by atoms with Crippen LogP contribution >= 0.6 is 0 Å². The molecule has 4 nitrogen and oxygen atoms in total. The molecule has 0 amide bonds. The summed E-state index contributed by atoms with van der Waals surface area (Å²) in [4.78, 5) is 0. The zero-order valence-electron chi connectivity index (χ0n) is 9.36. The van der Waals surface area contributed by atoms with Gasteiger partial charge in [-0.3, -0.25) is 0 Å². The van der Waals surface area contributed by atoms with Crippen LogP contribution in [0, 0.1) is 0 Å². The zero-order valence-corrected chi connectivity index (χ0v) is 10.2. The van der Waals surface area contributed by atoms with E-state index in [0.717, 1.165) is 12.8 Å². The van der Waals surface area contributed by atoms with Crippen LogP contribution in [0.1, 0.15) is 33.1 Å². The lowest BCUT2D eigenvalue weighted by molar-refractivity contribution is 0.368. The number of sulfonamides is 1. The van der Waals surface area contributed by atoms with Crippen molar-refractivity contribution < 1.29 is 8.42 Å². The number of nitrogens with zero attached hydrogens (tertiary/aromatic N) is 1. The van der Waals surface area contributed by atoms with Crippen molar-refractivity contribution in [3.63, 3.8) is 0 Å². The molecule has 0 aliphatic rings. The monoisotopic (exact) mass is 222 g/mol. The molecule has 0 saturated carbocycles. The summed E-state index contributed by atoms with van der Waals surface area (Å²) in [6, 6.07) is 0.0859. The molecule has 0 heterocycles. The van der Waals surface area contributed by atoms with Gasteiger partial charge in [0.2, 0.25) is 10.0 Å². The summed E-state index contributed by atoms with van der Waals surface area (Å²) in [5, 5.41) is 0. The highest BCUT2D eigenvalue weighted by Gasteiger charge is 2.21. The fraction of sp³-hybridized carbons (Fsp3) is 1.00. The van der Waals surface area contributed by atoms with Gasteiger partial charge in [0.15, 0.2) is 0 Å². The van der Waals surface area contributed by atoms with E-state index < -0.39 is 10.0 Å². The molecule has 0 rings (SSSR count). The molecule has 86 valence electrons. The van der Waals surface area contributed by atoms with Crippen molar-refractivity contribution in [1.29, 1.82) is 0 Å². The van der Waals surface area contributed by atoms with Crippen molar-refractivity contribution >= 4 is 10.0 Å². The molecule has 0 spiro atoms. The Morgan fingerprint density at radius 3 is 2.43 bits per heavy atom. The minimum absolute atomic E-state index is 0.0859. The molecule has 1 atom stereocenters. The lowest BCUT2D eigenvalue weighted by Crippen LogP contribution is -2.37. The Labute approximate surface area is 87.5 Å². The Bertz CT molecular complexity index is 239. The maximum absolute atomic E-state index is 11.7. The molecule has 0 fully saturated rings. The average Bonchev–Trinajstić information content (AvgIpc) is 2.14. The standard InChI is InChI=1S/C9H22N2O2S/c1-4-6-9(2)11(3)14(12,13)8-5-7-10/h9H,4-8,10H2,1-3H3. The van der Waals surface area contributed by atoms with Gasteiger partial charge in [0, 0.05) is 13.1 Å². The highest BCUT2D eigenvalue weighted by molar-refractivity contribution is 7.89. The predicted octanol–water partition coefficient (Wildman–Crippen LogP) is 0.785. The van der Waals surface area contributed by atoms with E-state index in [1.807, 2.05) is 6.92 Å². The van der Waals surface area contributed by atoms with Crippen LogP contribution in [0.25, 0.3) is 0 Å². The highest BCUT2D eigenvalue weighted by Crippen LogP contribution is 2.10. The van der Waals surface area contributed by atoms with Gasteiger partial charge < -0.3 is 5.73 Å². The van der Waals surface area contributed by atoms with Crippen LogP contribution in [0.2, 0.25) is 0 Å². The molecular weight excluding hydrogens is 200 g/mol. The Morgan fingerprint density at radius 2 is 2.00 bits per heavy atom. The molecule has 5 heteroatoms. The van der Waals surface area contributed by atoms with Gasteiger partial charge in [0.25, 0.3) is 0 Å². The molecule has 0 aromatic rings. The molecule has 0 bridgehead atoms. The second-order valence-corrected chi connectivity index (χ2v) is 5.76. The van der Waals surface area contributed by atoms with E-state index in [2.05, 4.69) is 6.92 Å². The second kappa shape index (κ2) is 6.37. The van der Waals surface area contributed by atoms with E-state index in [1.165, 1.54) is 4.31 Å². The molecule has 0 saturated heterocycles. The summed E-state index contributed by atoms with van der Waals surface area (Å²) in [5.74, 6) is 0.161. The summed E-state index contributed by atoms with van der Waals surface area (Å²) in [5.41, 5.74) is 5.29. The molecule has 0 radical (unpaired) electrons. The summed E-state index contributed by atoms with van der Waals surface area (Å²) in [6.45, 7) is 4.41. The number of rotatable bonds is 7. The van der Waals surface area contributed by atoms with Gasteiger partial charge in [-0.15, -0.1) is 0 Å². The van der Waals surface area contributed by atoms with Gasteiger partial charge in [0.1, 0.15) is 0 Å². The summed E-state index contributed by atoms with van der Waals surface area (Å²) in [6.07, 6.45) is 2.43. The maximum Gasteiger partial charge on any atom is 0.214 e.